The van der Waals surface area contributed by atoms with Crippen molar-refractivity contribution in [2.45, 2.75) is 12.5 Å². The number of thiol groups is 1. The molecule has 72 valence electrons. The zero-order chi connectivity index (χ0) is 9.56. The maximum absolute atomic E-state index is 10.1. The molecule has 0 aromatic rings. The predicted molar refractivity (Wildman–Crippen MR) is 37.6 cm³/mol. The summed E-state index contributed by atoms with van der Waals surface area (Å²) in [5.41, 5.74) is 5.05. The molecule has 0 fully saturated rings. The van der Waals surface area contributed by atoms with E-state index in [9.17, 15) is 13.2 Å². The van der Waals surface area contributed by atoms with Crippen LogP contribution < -0.4 is 5.73 Å². The molecule has 0 radical (unpaired) electrons. The number of carboxylic acid groups (broad SMARTS) is 1. The third kappa shape index (κ3) is 6.04. The molecular formula is C4H9NO6S. The highest BCUT2D eigenvalue weighted by Crippen LogP contribution is 1.90. The summed E-state index contributed by atoms with van der Waals surface area (Å²) in [6, 6.07) is -1.07. The van der Waals surface area contributed by atoms with E-state index in [0.29, 0.717) is 0 Å². The first-order valence-electron chi connectivity index (χ1n) is 2.96. The molecule has 7 nitrogen and oxygen atoms in total. The quantitative estimate of drug-likeness (QED) is 0.201. The lowest BCUT2D eigenvalue weighted by molar-refractivity contribution is -0.199. The lowest BCUT2D eigenvalue weighted by atomic mass is 10.2. The van der Waals surface area contributed by atoms with Gasteiger partial charge < -0.3 is 10.8 Å². The van der Waals surface area contributed by atoms with E-state index in [-0.39, 0.29) is 13.0 Å². The second-order valence-electron chi connectivity index (χ2n) is 1.85. The molecule has 0 rings (SSSR count). The number of nitrogens with two attached hydrogens (primary N) is 1. The topological polar surface area (TPSA) is 116 Å². The van der Waals surface area contributed by atoms with Gasteiger partial charge in [-0.25, -0.2) is 13.3 Å². The average molecular weight is 199 g/mol. The van der Waals surface area contributed by atoms with Crippen molar-refractivity contribution in [3.05, 3.63) is 0 Å². The van der Waals surface area contributed by atoms with Crippen LogP contribution in [-0.2, 0) is 25.0 Å². The van der Waals surface area contributed by atoms with Gasteiger partial charge in [0.15, 0.2) is 0 Å². The summed E-state index contributed by atoms with van der Waals surface area (Å²) in [7, 11) is -3.06. The van der Waals surface area contributed by atoms with Crippen molar-refractivity contribution < 1.29 is 27.5 Å². The molecule has 0 aliphatic rings. The molecule has 0 aliphatic heterocycles. The molecule has 0 aromatic heterocycles. The Labute approximate surface area is 70.2 Å². The zero-order valence-electron chi connectivity index (χ0n) is 6.00. The van der Waals surface area contributed by atoms with E-state index in [1.54, 1.807) is 0 Å². The van der Waals surface area contributed by atoms with Crippen molar-refractivity contribution in [1.82, 2.24) is 0 Å². The van der Waals surface area contributed by atoms with E-state index >= 15 is 0 Å². The molecule has 0 aromatic carbocycles. The van der Waals surface area contributed by atoms with Crippen LogP contribution in [-0.4, -0.2) is 32.1 Å². The number of rotatable bonds is 6. The molecule has 0 saturated heterocycles. The van der Waals surface area contributed by atoms with E-state index in [1.807, 2.05) is 0 Å². The first-order chi connectivity index (χ1) is 5.54. The lowest BCUT2D eigenvalue weighted by Crippen LogP contribution is -2.31. The van der Waals surface area contributed by atoms with Crippen molar-refractivity contribution in [1.29, 1.82) is 0 Å². The minimum Gasteiger partial charge on any atom is -0.480 e. The van der Waals surface area contributed by atoms with Gasteiger partial charge in [0.25, 0.3) is 11.0 Å². The van der Waals surface area contributed by atoms with Crippen LogP contribution in [0.15, 0.2) is 0 Å². The summed E-state index contributed by atoms with van der Waals surface area (Å²) in [5.74, 6) is -1.18. The molecule has 8 heteroatoms. The number of aliphatic carboxylic acids is 1. The monoisotopic (exact) mass is 199 g/mol. The van der Waals surface area contributed by atoms with Gasteiger partial charge in [-0.2, -0.15) is 0 Å². The van der Waals surface area contributed by atoms with Gasteiger partial charge in [-0.3, -0.25) is 4.79 Å². The second-order valence-corrected chi connectivity index (χ2v) is 2.45. The smallest absolute Gasteiger partial charge is 0.320 e. The minimum absolute atomic E-state index is 0.0154. The molecule has 0 spiro atoms. The standard InChI is InChI=1S/C4H9NO6S/c5-3(4(6)7)1-2-10-11-12(8)9/h3,12H,1-2,5H2,(H,6,7). The highest BCUT2D eigenvalue weighted by molar-refractivity contribution is 7.67. The summed E-state index contributed by atoms with van der Waals surface area (Å²) < 4.78 is 23.1. The van der Waals surface area contributed by atoms with E-state index in [1.165, 1.54) is 0 Å². The molecule has 1 unspecified atom stereocenters. The maximum atomic E-state index is 10.1. The van der Waals surface area contributed by atoms with Gasteiger partial charge in [0.05, 0.1) is 6.61 Å². The fourth-order valence-electron chi connectivity index (χ4n) is 0.379. The highest BCUT2D eigenvalue weighted by atomic mass is 32.2. The Hall–Kier alpha value is -0.700. The molecule has 0 bridgehead atoms. The normalized spacial score (nSPS) is 13.2. The van der Waals surface area contributed by atoms with E-state index in [4.69, 9.17) is 10.8 Å². The van der Waals surface area contributed by atoms with Crippen LogP contribution in [0, 0.1) is 0 Å². The van der Waals surface area contributed by atoms with Crippen LogP contribution in [0.1, 0.15) is 6.42 Å². The summed E-state index contributed by atoms with van der Waals surface area (Å²) in [6.45, 7) is -0.184. The lowest BCUT2D eigenvalue weighted by Gasteiger charge is -2.03. The third-order valence-corrected chi connectivity index (χ3v) is 1.17. The molecule has 0 aliphatic carbocycles. The Balaban J connectivity index is 3.37. The van der Waals surface area contributed by atoms with Crippen LogP contribution in [0.3, 0.4) is 0 Å². The number of hydrogen-bond acceptors (Lipinski definition) is 6. The summed E-state index contributed by atoms with van der Waals surface area (Å²) in [4.78, 5) is 14.2. The molecule has 0 saturated carbocycles. The summed E-state index contributed by atoms with van der Waals surface area (Å²) in [5, 5.41) is 8.25. The van der Waals surface area contributed by atoms with Crippen LogP contribution in [0.25, 0.3) is 0 Å². The van der Waals surface area contributed by atoms with Crippen molar-refractivity contribution in [2.75, 3.05) is 6.61 Å². The Morgan fingerprint density at radius 3 is 2.58 bits per heavy atom. The Morgan fingerprint density at radius 2 is 2.17 bits per heavy atom. The molecule has 3 N–H and O–H groups in total. The Bertz CT molecular complexity index is 206. The first kappa shape index (κ1) is 11.3. The molecule has 12 heavy (non-hydrogen) atoms. The second kappa shape index (κ2) is 5.89. The van der Waals surface area contributed by atoms with Crippen LogP contribution in [0.4, 0.5) is 0 Å². The summed E-state index contributed by atoms with van der Waals surface area (Å²) >= 11 is 0. The maximum Gasteiger partial charge on any atom is 0.320 e. The highest BCUT2D eigenvalue weighted by Gasteiger charge is 2.10. The van der Waals surface area contributed by atoms with E-state index < -0.39 is 23.0 Å². The fourth-order valence-corrected chi connectivity index (χ4v) is 0.539. The van der Waals surface area contributed by atoms with Gasteiger partial charge in [0.1, 0.15) is 6.04 Å². The SMILES string of the molecule is NC(CCOO[SH](=O)=O)C(=O)O. The van der Waals surface area contributed by atoms with Gasteiger partial charge >= 0.3 is 5.97 Å². The van der Waals surface area contributed by atoms with Crippen molar-refractivity contribution in [3.63, 3.8) is 0 Å². The zero-order valence-corrected chi connectivity index (χ0v) is 6.90. The Morgan fingerprint density at radius 1 is 1.58 bits per heavy atom. The van der Waals surface area contributed by atoms with Gasteiger partial charge in [-0.15, -0.1) is 4.33 Å². The minimum atomic E-state index is -3.06. The van der Waals surface area contributed by atoms with Gasteiger partial charge in [-0.05, 0) is 6.42 Å². The first-order valence-corrected chi connectivity index (χ1v) is 4.06. The van der Waals surface area contributed by atoms with Gasteiger partial charge in [-0.1, -0.05) is 0 Å². The van der Waals surface area contributed by atoms with Crippen LogP contribution in [0.5, 0.6) is 0 Å². The molecule has 0 heterocycles. The number of hydrogen-bond donors (Lipinski definition) is 3. The molecule has 0 amide bonds. The van der Waals surface area contributed by atoms with Crippen LogP contribution >= 0.6 is 0 Å². The number of carboxylic acids is 1. The molecular weight excluding hydrogens is 190 g/mol. The predicted octanol–water partition coefficient (Wildman–Crippen LogP) is -1.74. The van der Waals surface area contributed by atoms with E-state index in [0.717, 1.165) is 0 Å². The van der Waals surface area contributed by atoms with Crippen molar-refractivity contribution >= 4 is 17.0 Å². The Kier molecular flexibility index (Phi) is 5.54. The van der Waals surface area contributed by atoms with Gasteiger partial charge in [0, 0.05) is 0 Å². The van der Waals surface area contributed by atoms with E-state index in [2.05, 4.69) is 9.22 Å². The van der Waals surface area contributed by atoms with Crippen LogP contribution in [0.2, 0.25) is 0 Å². The van der Waals surface area contributed by atoms with Crippen molar-refractivity contribution in [2.24, 2.45) is 5.73 Å². The number of carbonyl (C=O) groups is 1. The third-order valence-electron chi connectivity index (χ3n) is 0.943. The summed E-state index contributed by atoms with van der Waals surface area (Å²) in [6.07, 6.45) is -0.0154. The van der Waals surface area contributed by atoms with Crippen molar-refractivity contribution in [3.8, 4) is 0 Å². The molecule has 1 atom stereocenters. The fraction of sp³-hybridized carbons (Fsp3) is 0.750. The average Bonchev–Trinajstić information content (AvgIpc) is 1.97. The largest absolute Gasteiger partial charge is 0.480 e. The van der Waals surface area contributed by atoms with Gasteiger partial charge in [0.2, 0.25) is 0 Å².